The Morgan fingerprint density at radius 2 is 1.94 bits per heavy atom. The minimum Gasteiger partial charge on any atom is -0.497 e. The van der Waals surface area contributed by atoms with Crippen molar-refractivity contribution in [2.24, 2.45) is 0 Å². The first-order valence-corrected chi connectivity index (χ1v) is 5.50. The van der Waals surface area contributed by atoms with Gasteiger partial charge in [0.05, 0.1) is 20.3 Å². The summed E-state index contributed by atoms with van der Waals surface area (Å²) in [6.45, 7) is 3.99. The maximum absolute atomic E-state index is 9.20. The molecule has 0 spiro atoms. The second-order valence-corrected chi connectivity index (χ2v) is 3.99. The number of nitrogens with one attached hydrogen (secondary N) is 1. The minimum absolute atomic E-state index is 0.218. The molecule has 0 aliphatic carbocycles. The van der Waals surface area contributed by atoms with Gasteiger partial charge in [-0.25, -0.2) is 0 Å². The van der Waals surface area contributed by atoms with Crippen molar-refractivity contribution in [1.82, 2.24) is 5.32 Å². The fourth-order valence-corrected chi connectivity index (χ4v) is 1.59. The molecule has 1 rings (SSSR count). The molecule has 1 atom stereocenters. The van der Waals surface area contributed by atoms with Crippen LogP contribution in [0.25, 0.3) is 0 Å². The average Bonchev–Trinajstić information content (AvgIpc) is 2.34. The van der Waals surface area contributed by atoms with Crippen LogP contribution in [-0.2, 0) is 0 Å². The second kappa shape index (κ2) is 6.12. The highest BCUT2D eigenvalue weighted by atomic mass is 16.5. The van der Waals surface area contributed by atoms with E-state index in [0.29, 0.717) is 11.5 Å². The van der Waals surface area contributed by atoms with Crippen molar-refractivity contribution in [2.75, 3.05) is 14.2 Å². The molecule has 1 aromatic rings. The molecule has 92 valence electrons. The van der Waals surface area contributed by atoms with Crippen LogP contribution in [0, 0.1) is 11.3 Å². The van der Waals surface area contributed by atoms with Crippen LogP contribution in [-0.4, -0.2) is 20.3 Å². The predicted octanol–water partition coefficient (Wildman–Crippen LogP) is 2.27. The summed E-state index contributed by atoms with van der Waals surface area (Å²) in [6.07, 6.45) is 0. The van der Waals surface area contributed by atoms with Crippen LogP contribution < -0.4 is 14.8 Å². The van der Waals surface area contributed by atoms with Gasteiger partial charge in [0, 0.05) is 11.6 Å². The number of methoxy groups -OCH3 is 2. The van der Waals surface area contributed by atoms with Crippen LogP contribution in [0.1, 0.15) is 25.5 Å². The van der Waals surface area contributed by atoms with Crippen molar-refractivity contribution >= 4 is 0 Å². The number of hydrogen-bond donors (Lipinski definition) is 1. The quantitative estimate of drug-likeness (QED) is 0.849. The van der Waals surface area contributed by atoms with E-state index >= 15 is 0 Å². The first-order valence-electron chi connectivity index (χ1n) is 5.50. The highest BCUT2D eigenvalue weighted by molar-refractivity contribution is 5.44. The molecule has 0 fully saturated rings. The Bertz CT molecular complexity index is 410. The van der Waals surface area contributed by atoms with E-state index in [1.54, 1.807) is 20.3 Å². The summed E-state index contributed by atoms with van der Waals surface area (Å²) in [4.78, 5) is 0. The maximum Gasteiger partial charge on any atom is 0.125 e. The highest BCUT2D eigenvalue weighted by Gasteiger charge is 2.17. The number of benzene rings is 1. The summed E-state index contributed by atoms with van der Waals surface area (Å²) in [5.41, 5.74) is 0.794. The third-order valence-corrected chi connectivity index (χ3v) is 2.38. The smallest absolute Gasteiger partial charge is 0.125 e. The van der Waals surface area contributed by atoms with E-state index in [2.05, 4.69) is 11.4 Å². The summed E-state index contributed by atoms with van der Waals surface area (Å²) < 4.78 is 10.4. The van der Waals surface area contributed by atoms with E-state index in [9.17, 15) is 5.26 Å². The number of ether oxygens (including phenoxy) is 2. The summed E-state index contributed by atoms with van der Waals surface area (Å²) in [5, 5.41) is 12.4. The number of nitrogens with zero attached hydrogens (tertiary/aromatic N) is 1. The lowest BCUT2D eigenvalue weighted by Gasteiger charge is -2.18. The Labute approximate surface area is 102 Å². The molecular weight excluding hydrogens is 216 g/mol. The number of rotatable bonds is 5. The Morgan fingerprint density at radius 3 is 2.41 bits per heavy atom. The van der Waals surface area contributed by atoms with E-state index in [1.165, 1.54) is 0 Å². The number of nitriles is 1. The molecular formula is C13H18N2O2. The summed E-state index contributed by atoms with van der Waals surface area (Å²) in [7, 11) is 3.19. The molecule has 4 heteroatoms. The van der Waals surface area contributed by atoms with Crippen LogP contribution in [0.5, 0.6) is 11.5 Å². The molecule has 4 nitrogen and oxygen atoms in total. The monoisotopic (exact) mass is 234 g/mol. The van der Waals surface area contributed by atoms with Gasteiger partial charge in [-0.1, -0.05) is 0 Å². The molecule has 0 aromatic heterocycles. The summed E-state index contributed by atoms with van der Waals surface area (Å²) >= 11 is 0. The first kappa shape index (κ1) is 13.3. The van der Waals surface area contributed by atoms with E-state index in [1.807, 2.05) is 26.0 Å². The van der Waals surface area contributed by atoms with Crippen molar-refractivity contribution in [2.45, 2.75) is 25.9 Å². The van der Waals surface area contributed by atoms with Gasteiger partial charge < -0.3 is 9.47 Å². The van der Waals surface area contributed by atoms with Crippen LogP contribution in [0.4, 0.5) is 0 Å². The predicted molar refractivity (Wildman–Crippen MR) is 66.2 cm³/mol. The molecule has 1 N–H and O–H groups in total. The average molecular weight is 234 g/mol. The molecule has 0 aliphatic rings. The summed E-state index contributed by atoms with van der Waals surface area (Å²) in [5.74, 6) is 1.40. The zero-order chi connectivity index (χ0) is 12.8. The number of hydrogen-bond acceptors (Lipinski definition) is 4. The molecule has 1 unspecified atom stereocenters. The molecule has 0 aliphatic heterocycles. The third-order valence-electron chi connectivity index (χ3n) is 2.38. The normalized spacial score (nSPS) is 12.0. The van der Waals surface area contributed by atoms with Gasteiger partial charge in [-0.15, -0.1) is 0 Å². The second-order valence-electron chi connectivity index (χ2n) is 3.99. The zero-order valence-corrected chi connectivity index (χ0v) is 10.7. The Hall–Kier alpha value is -1.73. The largest absolute Gasteiger partial charge is 0.497 e. The molecule has 0 radical (unpaired) electrons. The van der Waals surface area contributed by atoms with Gasteiger partial charge >= 0.3 is 0 Å². The topological polar surface area (TPSA) is 54.3 Å². The SMILES string of the molecule is COc1ccc(OC)c(C(C#N)NC(C)C)c1. The Balaban J connectivity index is 3.11. The van der Waals surface area contributed by atoms with Gasteiger partial charge in [-0.05, 0) is 32.0 Å². The van der Waals surface area contributed by atoms with Crippen LogP contribution in [0.15, 0.2) is 18.2 Å². The van der Waals surface area contributed by atoms with Gasteiger partial charge in [0.25, 0.3) is 0 Å². The van der Waals surface area contributed by atoms with Crippen molar-refractivity contribution in [3.63, 3.8) is 0 Å². The standard InChI is InChI=1S/C13H18N2O2/c1-9(2)15-12(8-14)11-7-10(16-3)5-6-13(11)17-4/h5-7,9,12,15H,1-4H3. The lowest BCUT2D eigenvalue weighted by Crippen LogP contribution is -2.27. The molecule has 0 saturated heterocycles. The summed E-state index contributed by atoms with van der Waals surface area (Å²) in [6, 6.07) is 7.48. The fourth-order valence-electron chi connectivity index (χ4n) is 1.59. The lowest BCUT2D eigenvalue weighted by atomic mass is 10.1. The molecule has 0 bridgehead atoms. The molecule has 0 amide bonds. The van der Waals surface area contributed by atoms with Gasteiger partial charge in [-0.2, -0.15) is 5.26 Å². The van der Waals surface area contributed by atoms with Crippen LogP contribution in [0.2, 0.25) is 0 Å². The van der Waals surface area contributed by atoms with Gasteiger partial charge in [0.2, 0.25) is 0 Å². The molecule has 1 aromatic carbocycles. The molecule has 0 heterocycles. The van der Waals surface area contributed by atoms with Crippen LogP contribution in [0.3, 0.4) is 0 Å². The van der Waals surface area contributed by atoms with E-state index in [0.717, 1.165) is 5.56 Å². The third kappa shape index (κ3) is 3.36. The van der Waals surface area contributed by atoms with Gasteiger partial charge in [-0.3, -0.25) is 5.32 Å². The Kier molecular flexibility index (Phi) is 4.80. The van der Waals surface area contributed by atoms with E-state index in [4.69, 9.17) is 9.47 Å². The zero-order valence-electron chi connectivity index (χ0n) is 10.7. The van der Waals surface area contributed by atoms with Crippen molar-refractivity contribution in [1.29, 1.82) is 5.26 Å². The van der Waals surface area contributed by atoms with E-state index in [-0.39, 0.29) is 6.04 Å². The maximum atomic E-state index is 9.20. The fraction of sp³-hybridized carbons (Fsp3) is 0.462. The molecule has 17 heavy (non-hydrogen) atoms. The molecule has 0 saturated carbocycles. The Morgan fingerprint density at radius 1 is 1.24 bits per heavy atom. The highest BCUT2D eigenvalue weighted by Crippen LogP contribution is 2.29. The van der Waals surface area contributed by atoms with E-state index < -0.39 is 6.04 Å². The van der Waals surface area contributed by atoms with Gasteiger partial charge in [0.1, 0.15) is 17.5 Å². The van der Waals surface area contributed by atoms with Crippen LogP contribution >= 0.6 is 0 Å². The van der Waals surface area contributed by atoms with Gasteiger partial charge in [0.15, 0.2) is 0 Å². The van der Waals surface area contributed by atoms with Crippen molar-refractivity contribution in [3.05, 3.63) is 23.8 Å². The van der Waals surface area contributed by atoms with Crippen molar-refractivity contribution < 1.29 is 9.47 Å². The van der Waals surface area contributed by atoms with Crippen molar-refractivity contribution in [3.8, 4) is 17.6 Å². The first-order chi connectivity index (χ1) is 8.12. The lowest BCUT2D eigenvalue weighted by molar-refractivity contribution is 0.393. The minimum atomic E-state index is -0.403.